The quantitative estimate of drug-likeness (QED) is 0.290. The van der Waals surface area contributed by atoms with Gasteiger partial charge in [-0.1, -0.05) is 42.5 Å². The summed E-state index contributed by atoms with van der Waals surface area (Å²) in [6, 6.07) is 19.8. The molecule has 2 atom stereocenters. The van der Waals surface area contributed by atoms with Gasteiger partial charge in [0.2, 0.25) is 0 Å². The number of halogens is 3. The van der Waals surface area contributed by atoms with Crippen LogP contribution in [0.1, 0.15) is 48.3 Å². The number of ketones is 1. The predicted octanol–water partition coefficient (Wildman–Crippen LogP) is 6.45. The molecule has 3 aromatic carbocycles. The Labute approximate surface area is 246 Å². The van der Waals surface area contributed by atoms with Gasteiger partial charge in [0.1, 0.15) is 23.9 Å². The number of esters is 1. The second kappa shape index (κ2) is 12.2. The monoisotopic (exact) mass is 593 g/mol. The van der Waals surface area contributed by atoms with E-state index in [0.29, 0.717) is 40.3 Å². The maximum Gasteiger partial charge on any atom is 0.422 e. The van der Waals surface area contributed by atoms with E-state index in [-0.39, 0.29) is 41.8 Å². The van der Waals surface area contributed by atoms with E-state index in [1.165, 1.54) is 36.4 Å². The minimum atomic E-state index is -4.45. The van der Waals surface area contributed by atoms with Crippen molar-refractivity contribution in [2.24, 2.45) is 0 Å². The van der Waals surface area contributed by atoms with Crippen LogP contribution in [0.15, 0.2) is 95.3 Å². The summed E-state index contributed by atoms with van der Waals surface area (Å²) in [5.41, 5.74) is 3.92. The van der Waals surface area contributed by atoms with Crippen LogP contribution in [0, 0.1) is 0 Å². The van der Waals surface area contributed by atoms with Gasteiger partial charge in [0.05, 0.1) is 12.7 Å². The van der Waals surface area contributed by atoms with Crippen molar-refractivity contribution >= 4 is 11.8 Å². The lowest BCUT2D eigenvalue weighted by Gasteiger charge is -2.37. The Hall–Kier alpha value is -4.73. The molecule has 10 heteroatoms. The molecule has 0 aromatic heterocycles. The third-order valence-corrected chi connectivity index (χ3v) is 7.53. The fourth-order valence-electron chi connectivity index (χ4n) is 5.64. The number of nitrogens with one attached hydrogen (secondary N) is 1. The van der Waals surface area contributed by atoms with Gasteiger partial charge in [-0.2, -0.15) is 13.2 Å². The number of dihydropyridines is 1. The minimum Gasteiger partial charge on any atom is -0.508 e. The Kier molecular flexibility index (Phi) is 8.47. The van der Waals surface area contributed by atoms with Crippen LogP contribution in [0.3, 0.4) is 0 Å². The molecule has 2 aliphatic rings. The number of carbonyl (C=O) groups excluding carboxylic acids is 2. The number of phenolic OH excluding ortho intramolecular Hbond substituents is 1. The largest absolute Gasteiger partial charge is 0.508 e. The Morgan fingerprint density at radius 1 is 1.02 bits per heavy atom. The summed E-state index contributed by atoms with van der Waals surface area (Å²) in [6.45, 7) is 0.173. The van der Waals surface area contributed by atoms with Crippen LogP contribution in [-0.2, 0) is 20.9 Å². The molecule has 0 saturated heterocycles. The fraction of sp³-hybridized carbons (Fsp3) is 0.273. The highest BCUT2D eigenvalue weighted by molar-refractivity contribution is 6.04. The molecule has 5 rings (SSSR count). The highest BCUT2D eigenvalue weighted by Gasteiger charge is 2.42. The number of benzene rings is 3. The third-order valence-electron chi connectivity index (χ3n) is 7.53. The zero-order valence-corrected chi connectivity index (χ0v) is 23.5. The number of para-hydroxylation sites is 1. The number of rotatable bonds is 8. The summed E-state index contributed by atoms with van der Waals surface area (Å²) < 4.78 is 53.2. The van der Waals surface area contributed by atoms with E-state index < -0.39 is 24.7 Å². The molecule has 0 spiro atoms. The lowest BCUT2D eigenvalue weighted by atomic mass is 9.71. The molecule has 2 unspecified atom stereocenters. The van der Waals surface area contributed by atoms with E-state index in [1.54, 1.807) is 26.2 Å². The number of ether oxygens (including phenoxy) is 3. The van der Waals surface area contributed by atoms with Crippen molar-refractivity contribution < 1.29 is 42.1 Å². The van der Waals surface area contributed by atoms with Gasteiger partial charge in [0, 0.05) is 35.2 Å². The average molecular weight is 594 g/mol. The van der Waals surface area contributed by atoms with E-state index in [4.69, 9.17) is 14.2 Å². The maximum atomic E-state index is 13.8. The topological polar surface area (TPSA) is 94.1 Å². The SMILES string of the molecule is COc1ccccc1C1CC(=O)C2=C(C1)NC(C)=C(C(=O)OCc1ccc(OCC(F)(F)F)cc1)C2c1cccc(O)c1. The molecule has 0 amide bonds. The zero-order valence-electron chi connectivity index (χ0n) is 23.5. The third kappa shape index (κ3) is 6.69. The number of alkyl halides is 3. The van der Waals surface area contributed by atoms with Crippen molar-refractivity contribution in [3.63, 3.8) is 0 Å². The highest BCUT2D eigenvalue weighted by atomic mass is 19.4. The van der Waals surface area contributed by atoms with Gasteiger partial charge in [-0.15, -0.1) is 0 Å². The summed E-state index contributed by atoms with van der Waals surface area (Å²) in [4.78, 5) is 27.4. The van der Waals surface area contributed by atoms with Crippen molar-refractivity contribution in [3.05, 3.63) is 112 Å². The number of hydrogen-bond donors (Lipinski definition) is 2. The molecule has 43 heavy (non-hydrogen) atoms. The van der Waals surface area contributed by atoms with Crippen LogP contribution < -0.4 is 14.8 Å². The van der Waals surface area contributed by atoms with Gasteiger partial charge in [0.25, 0.3) is 0 Å². The molecule has 0 radical (unpaired) electrons. The maximum absolute atomic E-state index is 13.8. The Morgan fingerprint density at radius 3 is 2.47 bits per heavy atom. The Bertz CT molecular complexity index is 1590. The van der Waals surface area contributed by atoms with Crippen molar-refractivity contribution in [1.29, 1.82) is 0 Å². The number of aromatic hydroxyl groups is 1. The second-order valence-electron chi connectivity index (χ2n) is 10.5. The molecule has 0 saturated carbocycles. The Balaban J connectivity index is 1.41. The summed E-state index contributed by atoms with van der Waals surface area (Å²) in [5.74, 6) is -0.989. The first kappa shape index (κ1) is 29.8. The second-order valence-corrected chi connectivity index (χ2v) is 10.5. The molecule has 224 valence electrons. The van der Waals surface area contributed by atoms with Crippen LogP contribution in [0.4, 0.5) is 13.2 Å². The molecule has 1 aliphatic heterocycles. The van der Waals surface area contributed by atoms with E-state index in [0.717, 1.165) is 5.56 Å². The van der Waals surface area contributed by atoms with E-state index in [1.807, 2.05) is 24.3 Å². The smallest absolute Gasteiger partial charge is 0.422 e. The normalized spacial score (nSPS) is 18.6. The van der Waals surface area contributed by atoms with E-state index in [2.05, 4.69) is 5.32 Å². The first-order valence-electron chi connectivity index (χ1n) is 13.7. The molecule has 2 N–H and O–H groups in total. The number of methoxy groups -OCH3 is 1. The Morgan fingerprint density at radius 2 is 1.77 bits per heavy atom. The number of Topliss-reactive ketones (excluding diaryl/α,β-unsaturated/α-hetero) is 1. The molecule has 0 fully saturated rings. The molecule has 3 aromatic rings. The summed E-state index contributed by atoms with van der Waals surface area (Å²) >= 11 is 0. The van der Waals surface area contributed by atoms with Crippen LogP contribution in [0.2, 0.25) is 0 Å². The fourth-order valence-corrected chi connectivity index (χ4v) is 5.64. The molecule has 1 aliphatic carbocycles. The van der Waals surface area contributed by atoms with Gasteiger partial charge in [-0.05, 0) is 60.4 Å². The predicted molar refractivity (Wildman–Crippen MR) is 151 cm³/mol. The van der Waals surface area contributed by atoms with Crippen molar-refractivity contribution in [2.75, 3.05) is 13.7 Å². The summed E-state index contributed by atoms with van der Waals surface area (Å²) in [5, 5.41) is 13.6. The summed E-state index contributed by atoms with van der Waals surface area (Å²) in [6.07, 6.45) is -3.73. The van der Waals surface area contributed by atoms with Gasteiger partial charge < -0.3 is 24.6 Å². The molecular formula is C33H30F3NO6. The lowest BCUT2D eigenvalue weighted by Crippen LogP contribution is -2.36. The van der Waals surface area contributed by atoms with Gasteiger partial charge in [-0.3, -0.25) is 4.79 Å². The molecular weight excluding hydrogens is 563 g/mol. The first-order valence-corrected chi connectivity index (χ1v) is 13.7. The molecule has 7 nitrogen and oxygen atoms in total. The highest BCUT2D eigenvalue weighted by Crippen LogP contribution is 2.47. The number of phenols is 1. The number of allylic oxidation sites excluding steroid dienone is 3. The van der Waals surface area contributed by atoms with Crippen molar-refractivity contribution in [1.82, 2.24) is 5.32 Å². The summed E-state index contributed by atoms with van der Waals surface area (Å²) in [7, 11) is 1.59. The van der Waals surface area contributed by atoms with Gasteiger partial charge >= 0.3 is 12.1 Å². The van der Waals surface area contributed by atoms with Crippen LogP contribution in [0.25, 0.3) is 0 Å². The van der Waals surface area contributed by atoms with Crippen LogP contribution in [-0.4, -0.2) is 36.8 Å². The van der Waals surface area contributed by atoms with Crippen LogP contribution >= 0.6 is 0 Å². The number of hydrogen-bond acceptors (Lipinski definition) is 7. The van der Waals surface area contributed by atoms with Gasteiger partial charge in [-0.25, -0.2) is 4.79 Å². The zero-order chi connectivity index (χ0) is 30.7. The first-order chi connectivity index (χ1) is 20.5. The average Bonchev–Trinajstić information content (AvgIpc) is 2.98. The standard InChI is InChI=1S/C33H30F3NO6/c1-19-29(32(40)42-17-20-10-12-24(13-11-20)43-18-33(34,35)36)30(21-6-5-7-23(38)14-21)31-26(37-19)15-22(16-27(31)39)25-8-3-4-9-28(25)41-2/h3-14,22,30,37-38H,15-18H2,1-2H3. The van der Waals surface area contributed by atoms with Crippen molar-refractivity contribution in [2.45, 2.75) is 44.4 Å². The lowest BCUT2D eigenvalue weighted by molar-refractivity contribution is -0.153. The van der Waals surface area contributed by atoms with E-state index >= 15 is 0 Å². The van der Waals surface area contributed by atoms with Gasteiger partial charge in [0.15, 0.2) is 12.4 Å². The van der Waals surface area contributed by atoms with Crippen molar-refractivity contribution in [3.8, 4) is 17.2 Å². The van der Waals surface area contributed by atoms with Crippen LogP contribution in [0.5, 0.6) is 17.2 Å². The minimum absolute atomic E-state index is 0.00783. The molecule has 0 bridgehead atoms. The molecule has 1 heterocycles. The number of carbonyl (C=O) groups is 2. The van der Waals surface area contributed by atoms with E-state index in [9.17, 15) is 27.9 Å².